The van der Waals surface area contributed by atoms with Gasteiger partial charge in [-0.3, -0.25) is 9.59 Å². The van der Waals surface area contributed by atoms with Crippen LogP contribution in [-0.2, 0) is 16.1 Å². The van der Waals surface area contributed by atoms with Gasteiger partial charge in [-0.15, -0.1) is 11.8 Å². The number of carbonyl (C=O) groups is 2. The number of hydrogen-bond donors (Lipinski definition) is 1. The first-order valence-corrected chi connectivity index (χ1v) is 11.6. The summed E-state index contributed by atoms with van der Waals surface area (Å²) in [5.41, 5.74) is 1.99. The summed E-state index contributed by atoms with van der Waals surface area (Å²) in [5.74, 6) is -0.165. The fraction of sp³-hybridized carbons (Fsp3) is 0.333. The molecule has 1 saturated carbocycles. The van der Waals surface area contributed by atoms with Crippen molar-refractivity contribution in [3.63, 3.8) is 0 Å². The largest absolute Gasteiger partial charge is 0.350 e. The molecular formula is C24H25ClN2O2S. The molecule has 0 bridgehead atoms. The Morgan fingerprint density at radius 1 is 1.10 bits per heavy atom. The van der Waals surface area contributed by atoms with Crippen LogP contribution >= 0.6 is 23.4 Å². The minimum Gasteiger partial charge on any atom is -0.350 e. The van der Waals surface area contributed by atoms with Gasteiger partial charge in [0.1, 0.15) is 6.54 Å². The maximum atomic E-state index is 13.3. The second-order valence-electron chi connectivity index (χ2n) is 7.76. The van der Waals surface area contributed by atoms with E-state index < -0.39 is 0 Å². The summed E-state index contributed by atoms with van der Waals surface area (Å²) in [5, 5.41) is 3.97. The SMILES string of the molecule is O=C(CN1C(=O)/C(=C/c2ccc(Cl)cc2)SC2CCCCC21)NCc1ccccc1. The molecule has 156 valence electrons. The maximum absolute atomic E-state index is 13.3. The monoisotopic (exact) mass is 440 g/mol. The van der Waals surface area contributed by atoms with E-state index in [4.69, 9.17) is 11.6 Å². The van der Waals surface area contributed by atoms with E-state index in [0.717, 1.165) is 30.4 Å². The molecule has 1 heterocycles. The zero-order valence-corrected chi connectivity index (χ0v) is 18.3. The normalized spacial score (nSPS) is 22.6. The summed E-state index contributed by atoms with van der Waals surface area (Å²) < 4.78 is 0. The highest BCUT2D eigenvalue weighted by Gasteiger charge is 2.41. The molecule has 0 aromatic heterocycles. The second-order valence-corrected chi connectivity index (χ2v) is 9.48. The van der Waals surface area contributed by atoms with Crippen molar-refractivity contribution in [3.8, 4) is 0 Å². The molecule has 0 radical (unpaired) electrons. The Balaban J connectivity index is 1.49. The number of halogens is 1. The van der Waals surface area contributed by atoms with Crippen LogP contribution in [0.1, 0.15) is 36.8 Å². The molecule has 2 aromatic carbocycles. The number of carbonyl (C=O) groups excluding carboxylic acids is 2. The Hall–Kier alpha value is -2.24. The van der Waals surface area contributed by atoms with Crippen molar-refractivity contribution in [1.82, 2.24) is 10.2 Å². The van der Waals surface area contributed by atoms with E-state index in [0.29, 0.717) is 21.7 Å². The number of nitrogens with one attached hydrogen (secondary N) is 1. The van der Waals surface area contributed by atoms with Gasteiger partial charge >= 0.3 is 0 Å². The van der Waals surface area contributed by atoms with Crippen molar-refractivity contribution in [1.29, 1.82) is 0 Å². The molecule has 6 heteroatoms. The second kappa shape index (κ2) is 9.71. The highest BCUT2D eigenvalue weighted by molar-refractivity contribution is 8.04. The number of fused-ring (bicyclic) bond motifs is 1. The van der Waals surface area contributed by atoms with Crippen LogP contribution < -0.4 is 5.32 Å². The van der Waals surface area contributed by atoms with Gasteiger partial charge in [0.25, 0.3) is 5.91 Å². The van der Waals surface area contributed by atoms with Crippen LogP contribution in [-0.4, -0.2) is 34.6 Å². The summed E-state index contributed by atoms with van der Waals surface area (Å²) in [7, 11) is 0. The van der Waals surface area contributed by atoms with Crippen LogP contribution in [0.15, 0.2) is 59.5 Å². The average molecular weight is 441 g/mol. The van der Waals surface area contributed by atoms with Crippen molar-refractivity contribution in [2.75, 3.05) is 6.54 Å². The third-order valence-corrected chi connectivity index (χ3v) is 7.28. The molecule has 4 rings (SSSR count). The Labute approximate surface area is 186 Å². The number of benzene rings is 2. The predicted octanol–water partition coefficient (Wildman–Crippen LogP) is 4.88. The molecule has 1 saturated heterocycles. The molecular weight excluding hydrogens is 416 g/mol. The highest BCUT2D eigenvalue weighted by Crippen LogP contribution is 2.42. The maximum Gasteiger partial charge on any atom is 0.261 e. The van der Waals surface area contributed by atoms with Gasteiger partial charge in [0.2, 0.25) is 5.91 Å². The molecule has 1 aliphatic carbocycles. The van der Waals surface area contributed by atoms with Crippen LogP contribution in [0.5, 0.6) is 0 Å². The van der Waals surface area contributed by atoms with Gasteiger partial charge in [0.15, 0.2) is 0 Å². The lowest BCUT2D eigenvalue weighted by Gasteiger charge is -2.43. The van der Waals surface area contributed by atoms with Gasteiger partial charge < -0.3 is 10.2 Å². The smallest absolute Gasteiger partial charge is 0.261 e. The number of hydrogen-bond acceptors (Lipinski definition) is 3. The van der Waals surface area contributed by atoms with Crippen LogP contribution in [0, 0.1) is 0 Å². The van der Waals surface area contributed by atoms with Crippen molar-refractivity contribution < 1.29 is 9.59 Å². The number of nitrogens with zero attached hydrogens (tertiary/aromatic N) is 1. The fourth-order valence-corrected chi connectivity index (χ4v) is 5.68. The van der Waals surface area contributed by atoms with E-state index in [1.807, 2.05) is 60.7 Å². The van der Waals surface area contributed by atoms with Crippen molar-refractivity contribution in [2.24, 2.45) is 0 Å². The Bertz CT molecular complexity index is 930. The van der Waals surface area contributed by atoms with E-state index in [9.17, 15) is 9.59 Å². The highest BCUT2D eigenvalue weighted by atomic mass is 35.5. The van der Waals surface area contributed by atoms with E-state index in [2.05, 4.69) is 5.32 Å². The predicted molar refractivity (Wildman–Crippen MR) is 123 cm³/mol. The Morgan fingerprint density at radius 2 is 1.83 bits per heavy atom. The fourth-order valence-electron chi connectivity index (χ4n) is 4.08. The lowest BCUT2D eigenvalue weighted by molar-refractivity contribution is -0.135. The van der Waals surface area contributed by atoms with Crippen LogP contribution in [0.4, 0.5) is 0 Å². The van der Waals surface area contributed by atoms with Gasteiger partial charge in [-0.1, -0.05) is 66.9 Å². The number of amides is 2. The molecule has 2 unspecified atom stereocenters. The van der Waals surface area contributed by atoms with Gasteiger partial charge in [0, 0.05) is 22.9 Å². The first kappa shape index (κ1) is 21.0. The van der Waals surface area contributed by atoms with Crippen LogP contribution in [0.25, 0.3) is 6.08 Å². The molecule has 1 N–H and O–H groups in total. The van der Waals surface area contributed by atoms with Gasteiger partial charge in [-0.2, -0.15) is 0 Å². The van der Waals surface area contributed by atoms with Crippen LogP contribution in [0.2, 0.25) is 5.02 Å². The number of rotatable bonds is 5. The summed E-state index contributed by atoms with van der Waals surface area (Å²) in [6.45, 7) is 0.573. The third kappa shape index (κ3) is 5.08. The number of thioether (sulfide) groups is 1. The summed E-state index contributed by atoms with van der Waals surface area (Å²) in [6, 6.07) is 17.4. The Morgan fingerprint density at radius 3 is 2.60 bits per heavy atom. The quantitative estimate of drug-likeness (QED) is 0.674. The van der Waals surface area contributed by atoms with Gasteiger partial charge in [-0.05, 0) is 42.2 Å². The molecule has 0 spiro atoms. The van der Waals surface area contributed by atoms with Crippen molar-refractivity contribution >= 4 is 41.3 Å². The minimum absolute atomic E-state index is 0.0482. The summed E-state index contributed by atoms with van der Waals surface area (Å²) in [4.78, 5) is 28.5. The van der Waals surface area contributed by atoms with Gasteiger partial charge in [-0.25, -0.2) is 0 Å². The third-order valence-electron chi connectivity index (χ3n) is 5.63. The molecule has 2 atom stereocenters. The summed E-state index contributed by atoms with van der Waals surface area (Å²) >= 11 is 7.65. The van der Waals surface area contributed by atoms with Crippen molar-refractivity contribution in [2.45, 2.75) is 43.5 Å². The lowest BCUT2D eigenvalue weighted by Crippen LogP contribution is -2.54. The molecule has 2 aliphatic rings. The van der Waals surface area contributed by atoms with E-state index in [1.165, 1.54) is 6.42 Å². The molecule has 2 fully saturated rings. The lowest BCUT2D eigenvalue weighted by atomic mass is 9.93. The summed E-state index contributed by atoms with van der Waals surface area (Å²) in [6.07, 6.45) is 6.23. The zero-order valence-electron chi connectivity index (χ0n) is 16.7. The molecule has 2 aromatic rings. The molecule has 2 amide bonds. The molecule has 30 heavy (non-hydrogen) atoms. The van der Waals surface area contributed by atoms with E-state index >= 15 is 0 Å². The average Bonchev–Trinajstić information content (AvgIpc) is 2.77. The van der Waals surface area contributed by atoms with Crippen molar-refractivity contribution in [3.05, 3.63) is 75.7 Å². The van der Waals surface area contributed by atoms with Crippen LogP contribution in [0.3, 0.4) is 0 Å². The van der Waals surface area contributed by atoms with E-state index in [1.54, 1.807) is 16.7 Å². The molecule has 1 aliphatic heterocycles. The first-order valence-electron chi connectivity index (χ1n) is 10.4. The first-order chi connectivity index (χ1) is 14.6. The molecule has 4 nitrogen and oxygen atoms in total. The minimum atomic E-state index is -0.116. The van der Waals surface area contributed by atoms with Gasteiger partial charge in [0.05, 0.1) is 4.91 Å². The van der Waals surface area contributed by atoms with E-state index in [-0.39, 0.29) is 24.4 Å². The zero-order chi connectivity index (χ0) is 20.9. The standard InChI is InChI=1S/C24H25ClN2O2S/c25-19-12-10-17(11-13-19)14-22-24(29)27(20-8-4-5-9-21(20)30-22)16-23(28)26-15-18-6-2-1-3-7-18/h1-3,6-7,10-14,20-21H,4-5,8-9,15-16H2,(H,26,28)/b22-14-. The topological polar surface area (TPSA) is 49.4 Å². The Kier molecular flexibility index (Phi) is 6.80.